The first kappa shape index (κ1) is 14.8. The van der Waals surface area contributed by atoms with Crippen LogP contribution in [-0.2, 0) is 0 Å². The van der Waals surface area contributed by atoms with Gasteiger partial charge in [-0.25, -0.2) is 9.18 Å². The molecule has 0 spiro atoms. The van der Waals surface area contributed by atoms with Crippen molar-refractivity contribution in [2.75, 3.05) is 11.9 Å². The van der Waals surface area contributed by atoms with Crippen LogP contribution in [0.4, 0.5) is 15.8 Å². The molecule has 0 aliphatic carbocycles. The number of rotatable bonds is 5. The van der Waals surface area contributed by atoms with Gasteiger partial charge in [-0.1, -0.05) is 0 Å². The van der Waals surface area contributed by atoms with E-state index < -0.39 is 33.6 Å². The number of nitro benzene ring substituents is 1. The van der Waals surface area contributed by atoms with Crippen molar-refractivity contribution in [1.29, 1.82) is 0 Å². The van der Waals surface area contributed by atoms with Crippen molar-refractivity contribution < 1.29 is 24.3 Å². The first-order valence-electron chi connectivity index (χ1n) is 5.29. The number of hydrogen-bond acceptors (Lipinski definition) is 5. The van der Waals surface area contributed by atoms with Gasteiger partial charge in [0.1, 0.15) is 17.1 Å². The van der Waals surface area contributed by atoms with Gasteiger partial charge in [0.2, 0.25) is 0 Å². The monoisotopic (exact) mass is 272 g/mol. The summed E-state index contributed by atoms with van der Waals surface area (Å²) < 4.78 is 13.5. The highest BCUT2D eigenvalue weighted by Gasteiger charge is 2.23. The molecule has 1 aromatic carbocycles. The van der Waals surface area contributed by atoms with Crippen molar-refractivity contribution >= 4 is 17.3 Å². The van der Waals surface area contributed by atoms with Gasteiger partial charge in [-0.3, -0.25) is 10.1 Å². The van der Waals surface area contributed by atoms with Crippen LogP contribution in [0.1, 0.15) is 24.2 Å². The second-order valence-corrected chi connectivity index (χ2v) is 4.58. The van der Waals surface area contributed by atoms with Crippen molar-refractivity contribution in [1.82, 2.24) is 0 Å². The topological polar surface area (TPSA) is 113 Å². The van der Waals surface area contributed by atoms with Gasteiger partial charge in [0.25, 0.3) is 5.69 Å². The molecule has 0 unspecified atom stereocenters. The van der Waals surface area contributed by atoms with E-state index in [1.165, 1.54) is 13.8 Å². The maximum absolute atomic E-state index is 13.5. The normalized spacial score (nSPS) is 11.2. The SMILES string of the molecule is CC(C)(O)CNc1cc(F)c(C(=O)O)cc1[N+](=O)[O-]. The van der Waals surface area contributed by atoms with Gasteiger partial charge in [0, 0.05) is 18.7 Å². The van der Waals surface area contributed by atoms with Crippen molar-refractivity contribution in [3.8, 4) is 0 Å². The number of aliphatic hydroxyl groups is 1. The molecule has 0 heterocycles. The third kappa shape index (κ3) is 3.88. The van der Waals surface area contributed by atoms with Crippen LogP contribution in [0.3, 0.4) is 0 Å². The average molecular weight is 272 g/mol. The largest absolute Gasteiger partial charge is 0.478 e. The molecule has 0 amide bonds. The number of nitrogens with one attached hydrogen (secondary N) is 1. The van der Waals surface area contributed by atoms with E-state index in [1.54, 1.807) is 0 Å². The number of carboxylic acids is 1. The molecule has 1 rings (SSSR count). The molecule has 0 saturated heterocycles. The Morgan fingerprint density at radius 1 is 1.53 bits per heavy atom. The van der Waals surface area contributed by atoms with Crippen LogP contribution < -0.4 is 5.32 Å². The molecular formula is C11H13FN2O5. The number of hydrogen-bond donors (Lipinski definition) is 3. The molecule has 0 fully saturated rings. The fourth-order valence-electron chi connectivity index (χ4n) is 1.33. The number of aromatic carboxylic acids is 1. The van der Waals surface area contributed by atoms with E-state index in [-0.39, 0.29) is 12.2 Å². The Hall–Kier alpha value is -2.22. The first-order chi connectivity index (χ1) is 8.61. The molecular weight excluding hydrogens is 259 g/mol. The van der Waals surface area contributed by atoms with E-state index in [0.717, 1.165) is 6.07 Å². The van der Waals surface area contributed by atoms with Crippen LogP contribution in [0, 0.1) is 15.9 Å². The van der Waals surface area contributed by atoms with Crippen molar-refractivity contribution in [2.24, 2.45) is 0 Å². The predicted octanol–water partition coefficient (Wildman–Crippen LogP) is 1.61. The molecule has 7 nitrogen and oxygen atoms in total. The van der Waals surface area contributed by atoms with Crippen molar-refractivity contribution in [3.63, 3.8) is 0 Å². The lowest BCUT2D eigenvalue weighted by Gasteiger charge is -2.18. The van der Waals surface area contributed by atoms with E-state index in [4.69, 9.17) is 5.11 Å². The molecule has 0 atom stereocenters. The number of carbonyl (C=O) groups is 1. The van der Waals surface area contributed by atoms with Gasteiger partial charge in [-0.2, -0.15) is 0 Å². The molecule has 19 heavy (non-hydrogen) atoms. The summed E-state index contributed by atoms with van der Waals surface area (Å²) in [5, 5.41) is 31.5. The zero-order valence-electron chi connectivity index (χ0n) is 10.3. The van der Waals surface area contributed by atoms with Crippen LogP contribution in [-0.4, -0.2) is 33.3 Å². The summed E-state index contributed by atoms with van der Waals surface area (Å²) in [4.78, 5) is 20.7. The Labute approximate surface area is 107 Å². The van der Waals surface area contributed by atoms with Crippen LogP contribution in [0.5, 0.6) is 0 Å². The van der Waals surface area contributed by atoms with Crippen LogP contribution in [0.2, 0.25) is 0 Å². The molecule has 0 bridgehead atoms. The van der Waals surface area contributed by atoms with Gasteiger partial charge < -0.3 is 15.5 Å². The summed E-state index contributed by atoms with van der Waals surface area (Å²) >= 11 is 0. The second-order valence-electron chi connectivity index (χ2n) is 4.58. The van der Waals surface area contributed by atoms with Crippen LogP contribution in [0.25, 0.3) is 0 Å². The van der Waals surface area contributed by atoms with Crippen LogP contribution in [0.15, 0.2) is 12.1 Å². The lowest BCUT2D eigenvalue weighted by Crippen LogP contribution is -2.29. The molecule has 0 aliphatic heterocycles. The predicted molar refractivity (Wildman–Crippen MR) is 64.8 cm³/mol. The molecule has 1 aromatic rings. The number of benzene rings is 1. The van der Waals surface area contributed by atoms with E-state index in [0.29, 0.717) is 6.07 Å². The molecule has 0 saturated carbocycles. The second kappa shape index (κ2) is 5.19. The fraction of sp³-hybridized carbons (Fsp3) is 0.364. The molecule has 0 radical (unpaired) electrons. The summed E-state index contributed by atoms with van der Waals surface area (Å²) in [7, 11) is 0. The first-order valence-corrected chi connectivity index (χ1v) is 5.29. The smallest absolute Gasteiger partial charge is 0.338 e. The Balaban J connectivity index is 3.20. The minimum absolute atomic E-state index is 0.0559. The third-order valence-electron chi connectivity index (χ3n) is 2.22. The number of nitro groups is 1. The maximum Gasteiger partial charge on any atom is 0.338 e. The molecule has 104 valence electrons. The van der Waals surface area contributed by atoms with Gasteiger partial charge in [-0.15, -0.1) is 0 Å². The third-order valence-corrected chi connectivity index (χ3v) is 2.22. The van der Waals surface area contributed by atoms with Gasteiger partial charge in [0.15, 0.2) is 0 Å². The van der Waals surface area contributed by atoms with E-state index in [2.05, 4.69) is 5.32 Å². The Morgan fingerprint density at radius 3 is 2.53 bits per heavy atom. The summed E-state index contributed by atoms with van der Waals surface area (Å²) in [5.74, 6) is -2.68. The van der Waals surface area contributed by atoms with Gasteiger partial charge in [0.05, 0.1) is 10.5 Å². The van der Waals surface area contributed by atoms with Crippen molar-refractivity contribution in [2.45, 2.75) is 19.4 Å². The zero-order chi connectivity index (χ0) is 14.8. The lowest BCUT2D eigenvalue weighted by molar-refractivity contribution is -0.384. The van der Waals surface area contributed by atoms with E-state index in [1.807, 2.05) is 0 Å². The number of nitrogens with zero attached hydrogens (tertiary/aromatic N) is 1. The standard InChI is InChI=1S/C11H13FN2O5/c1-11(2,17)5-13-8-4-7(12)6(10(15)16)3-9(8)14(18)19/h3-4,13,17H,5H2,1-2H3,(H,15,16). The summed E-state index contributed by atoms with van der Waals surface area (Å²) in [6, 6.07) is 1.37. The molecule has 0 aromatic heterocycles. The number of halogens is 1. The molecule has 3 N–H and O–H groups in total. The van der Waals surface area contributed by atoms with E-state index >= 15 is 0 Å². The van der Waals surface area contributed by atoms with Crippen molar-refractivity contribution in [3.05, 3.63) is 33.6 Å². The lowest BCUT2D eigenvalue weighted by atomic mass is 10.1. The highest BCUT2D eigenvalue weighted by Crippen LogP contribution is 2.28. The highest BCUT2D eigenvalue weighted by atomic mass is 19.1. The van der Waals surface area contributed by atoms with E-state index in [9.17, 15) is 24.4 Å². The summed E-state index contributed by atoms with van der Waals surface area (Å²) in [6.07, 6.45) is 0. The Kier molecular flexibility index (Phi) is 4.05. The maximum atomic E-state index is 13.5. The van der Waals surface area contributed by atoms with Gasteiger partial charge in [-0.05, 0) is 13.8 Å². The average Bonchev–Trinajstić information content (AvgIpc) is 2.24. The Bertz CT molecular complexity index is 525. The molecule has 8 heteroatoms. The van der Waals surface area contributed by atoms with Gasteiger partial charge >= 0.3 is 5.97 Å². The molecule has 0 aliphatic rings. The summed E-state index contributed by atoms with van der Waals surface area (Å²) in [6.45, 7) is 2.88. The highest BCUT2D eigenvalue weighted by molar-refractivity contribution is 5.90. The minimum atomic E-state index is -1.59. The Morgan fingerprint density at radius 2 is 2.11 bits per heavy atom. The number of carboxylic acid groups (broad SMARTS) is 1. The number of anilines is 1. The fourth-order valence-corrected chi connectivity index (χ4v) is 1.33. The zero-order valence-corrected chi connectivity index (χ0v) is 10.3. The quantitative estimate of drug-likeness (QED) is 0.554. The summed E-state index contributed by atoms with van der Waals surface area (Å²) in [5.41, 5.74) is -2.69. The van der Waals surface area contributed by atoms with Crippen LogP contribution >= 0.6 is 0 Å². The minimum Gasteiger partial charge on any atom is -0.478 e.